The molecule has 1 aliphatic rings. The normalized spacial score (nSPS) is 15.2. The van der Waals surface area contributed by atoms with Crippen LogP contribution in [0.2, 0.25) is 0 Å². The van der Waals surface area contributed by atoms with Crippen LogP contribution in [0.3, 0.4) is 0 Å². The number of hydrogen-bond acceptors (Lipinski definition) is 6. The smallest absolute Gasteiger partial charge is 0.147 e. The predicted octanol–water partition coefficient (Wildman–Crippen LogP) is 6.31. The number of aryl methyl sites for hydroxylation is 4. The van der Waals surface area contributed by atoms with E-state index in [0.29, 0.717) is 5.92 Å². The number of anilines is 1. The molecule has 0 unspecified atom stereocenters. The van der Waals surface area contributed by atoms with Crippen LogP contribution in [-0.2, 0) is 9.37 Å². The molecule has 0 bridgehead atoms. The van der Waals surface area contributed by atoms with Crippen LogP contribution in [0.15, 0.2) is 28.9 Å². The average molecular weight is 506 g/mol. The third-order valence-electron chi connectivity index (χ3n) is 6.09. The summed E-state index contributed by atoms with van der Waals surface area (Å²) in [6.45, 7) is 10.5. The van der Waals surface area contributed by atoms with Crippen molar-refractivity contribution in [3.8, 4) is 5.69 Å². The highest BCUT2D eigenvalue weighted by Gasteiger charge is 2.24. The van der Waals surface area contributed by atoms with E-state index in [-0.39, 0.29) is 0 Å². The predicted molar refractivity (Wildman–Crippen MR) is 130 cm³/mol. The summed E-state index contributed by atoms with van der Waals surface area (Å²) < 4.78 is 7.91. The van der Waals surface area contributed by atoms with E-state index < -0.39 is 0 Å². The maximum Gasteiger partial charge on any atom is 0.147 e. The first-order valence-electron chi connectivity index (χ1n) is 10.5. The summed E-state index contributed by atoms with van der Waals surface area (Å²) in [5.41, 5.74) is 8.21. The molecule has 3 heterocycles. The molecule has 1 fully saturated rings. The van der Waals surface area contributed by atoms with Gasteiger partial charge in [0.1, 0.15) is 5.65 Å². The summed E-state index contributed by atoms with van der Waals surface area (Å²) in [6.07, 6.45) is 4.38. The SMILES string of the molecule is Cc1cc(N2CCC(CSOOO)CC2)c2c(C)cn(-c3c(C)cc(Br)cc3C)c2n1. The van der Waals surface area contributed by atoms with E-state index >= 15 is 0 Å². The molecule has 1 saturated heterocycles. The van der Waals surface area contributed by atoms with Gasteiger partial charge < -0.3 is 9.47 Å². The van der Waals surface area contributed by atoms with Crippen LogP contribution in [0.25, 0.3) is 16.7 Å². The van der Waals surface area contributed by atoms with Crippen LogP contribution < -0.4 is 4.90 Å². The Labute approximate surface area is 195 Å². The molecule has 2 aromatic heterocycles. The van der Waals surface area contributed by atoms with Gasteiger partial charge in [-0.2, -0.15) is 0 Å². The van der Waals surface area contributed by atoms with Crippen LogP contribution in [0.5, 0.6) is 0 Å². The molecule has 0 atom stereocenters. The molecule has 1 N–H and O–H groups in total. The minimum atomic E-state index is 0.550. The molecule has 166 valence electrons. The van der Waals surface area contributed by atoms with Gasteiger partial charge in [0.2, 0.25) is 0 Å². The molecular weight excluding hydrogens is 478 g/mol. The van der Waals surface area contributed by atoms with Crippen LogP contribution in [-0.4, -0.2) is 33.7 Å². The number of fused-ring (bicyclic) bond motifs is 1. The van der Waals surface area contributed by atoms with Crippen LogP contribution in [0.1, 0.15) is 35.2 Å². The third kappa shape index (κ3) is 4.64. The second-order valence-corrected chi connectivity index (χ2v) is 10.0. The van der Waals surface area contributed by atoms with Crippen molar-refractivity contribution in [2.75, 3.05) is 23.7 Å². The summed E-state index contributed by atoms with van der Waals surface area (Å²) in [5, 5.41) is 13.2. The lowest BCUT2D eigenvalue weighted by Crippen LogP contribution is -2.34. The molecule has 0 amide bonds. The Kier molecular flexibility index (Phi) is 6.93. The van der Waals surface area contributed by atoms with E-state index in [2.05, 4.69) is 86.9 Å². The number of hydrogen-bond donors (Lipinski definition) is 1. The van der Waals surface area contributed by atoms with Crippen molar-refractivity contribution in [3.05, 3.63) is 51.3 Å². The van der Waals surface area contributed by atoms with Crippen molar-refractivity contribution < 1.29 is 14.6 Å². The maximum atomic E-state index is 8.31. The number of aromatic nitrogens is 2. The fraction of sp³-hybridized carbons (Fsp3) is 0.435. The highest BCUT2D eigenvalue weighted by molar-refractivity contribution is 9.10. The average Bonchev–Trinajstić information content (AvgIpc) is 3.03. The Balaban J connectivity index is 1.70. The molecule has 3 aromatic rings. The number of pyridine rings is 1. The van der Waals surface area contributed by atoms with Gasteiger partial charge in [0, 0.05) is 58.3 Å². The third-order valence-corrected chi connectivity index (χ3v) is 7.31. The summed E-state index contributed by atoms with van der Waals surface area (Å²) in [7, 11) is 0. The number of benzene rings is 1. The first kappa shape index (κ1) is 22.6. The maximum absolute atomic E-state index is 8.31. The lowest BCUT2D eigenvalue weighted by molar-refractivity contribution is -0.432. The van der Waals surface area contributed by atoms with Gasteiger partial charge in [-0.15, -0.1) is 4.33 Å². The largest absolute Gasteiger partial charge is 0.371 e. The van der Waals surface area contributed by atoms with Gasteiger partial charge in [0.25, 0.3) is 0 Å². The van der Waals surface area contributed by atoms with Crippen molar-refractivity contribution in [3.63, 3.8) is 0 Å². The molecule has 8 heteroatoms. The number of halogens is 1. The minimum Gasteiger partial charge on any atom is -0.371 e. The van der Waals surface area contributed by atoms with E-state index in [0.717, 1.165) is 59.5 Å². The number of nitrogens with zero attached hydrogens (tertiary/aromatic N) is 3. The van der Waals surface area contributed by atoms with E-state index in [4.69, 9.17) is 10.2 Å². The van der Waals surface area contributed by atoms with Crippen molar-refractivity contribution >= 4 is 44.7 Å². The summed E-state index contributed by atoms with van der Waals surface area (Å²) in [4.78, 5) is 7.45. The Morgan fingerprint density at radius 1 is 1.10 bits per heavy atom. The van der Waals surface area contributed by atoms with Gasteiger partial charge in [-0.25, -0.2) is 10.2 Å². The first-order chi connectivity index (χ1) is 14.9. The second-order valence-electron chi connectivity index (χ2n) is 8.41. The Morgan fingerprint density at radius 2 is 1.77 bits per heavy atom. The highest BCUT2D eigenvalue weighted by Crippen LogP contribution is 2.36. The lowest BCUT2D eigenvalue weighted by atomic mass is 9.98. The number of piperidine rings is 1. The Morgan fingerprint density at radius 3 is 2.42 bits per heavy atom. The van der Waals surface area contributed by atoms with Crippen LogP contribution in [0.4, 0.5) is 5.69 Å². The van der Waals surface area contributed by atoms with E-state index in [1.165, 1.54) is 33.5 Å². The van der Waals surface area contributed by atoms with Gasteiger partial charge in [0.05, 0.1) is 5.69 Å². The van der Waals surface area contributed by atoms with E-state index in [1.807, 2.05) is 0 Å². The minimum absolute atomic E-state index is 0.550. The standard InChI is InChI=1S/C23H28BrN3O3S/c1-14-9-19(24)10-15(2)22(14)27-12-16(3)21-20(11-17(4)25-23(21)27)26-7-5-18(6-8-26)13-31-30-29-28/h9-12,18,28H,5-8,13H2,1-4H3. The Bertz CT molecular complexity index is 1070. The van der Waals surface area contributed by atoms with Crippen LogP contribution >= 0.6 is 28.0 Å². The monoisotopic (exact) mass is 505 g/mol. The Hall–Kier alpha value is -1.58. The molecule has 0 aliphatic carbocycles. The summed E-state index contributed by atoms with van der Waals surface area (Å²) >= 11 is 4.78. The van der Waals surface area contributed by atoms with Crippen molar-refractivity contribution in [2.24, 2.45) is 5.92 Å². The molecule has 0 spiro atoms. The van der Waals surface area contributed by atoms with Crippen molar-refractivity contribution in [2.45, 2.75) is 40.5 Å². The van der Waals surface area contributed by atoms with Gasteiger partial charge in [-0.05, 0) is 81.3 Å². The quantitative estimate of drug-likeness (QED) is 0.183. The number of rotatable bonds is 6. The lowest BCUT2D eigenvalue weighted by Gasteiger charge is -2.34. The fourth-order valence-electron chi connectivity index (χ4n) is 4.70. The zero-order valence-electron chi connectivity index (χ0n) is 18.3. The molecule has 31 heavy (non-hydrogen) atoms. The molecule has 0 saturated carbocycles. The van der Waals surface area contributed by atoms with Gasteiger partial charge in [-0.3, -0.25) is 0 Å². The summed E-state index contributed by atoms with van der Waals surface area (Å²) in [6, 6.07) is 6.54. The fourth-order valence-corrected chi connectivity index (χ4v) is 6.01. The topological polar surface area (TPSA) is 59.8 Å². The van der Waals surface area contributed by atoms with E-state index in [1.54, 1.807) is 0 Å². The molecule has 1 aliphatic heterocycles. The van der Waals surface area contributed by atoms with Gasteiger partial charge in [0.15, 0.2) is 0 Å². The van der Waals surface area contributed by atoms with Crippen LogP contribution in [0, 0.1) is 33.6 Å². The first-order valence-corrected chi connectivity index (χ1v) is 12.2. The summed E-state index contributed by atoms with van der Waals surface area (Å²) in [5.74, 6) is 1.37. The molecular formula is C23H28BrN3O3S. The van der Waals surface area contributed by atoms with Gasteiger partial charge >= 0.3 is 0 Å². The molecule has 6 nitrogen and oxygen atoms in total. The zero-order chi connectivity index (χ0) is 22.1. The van der Waals surface area contributed by atoms with Gasteiger partial charge in [-0.1, -0.05) is 21.0 Å². The second kappa shape index (κ2) is 9.50. The van der Waals surface area contributed by atoms with Crippen molar-refractivity contribution in [1.29, 1.82) is 0 Å². The van der Waals surface area contributed by atoms with E-state index in [9.17, 15) is 0 Å². The highest BCUT2D eigenvalue weighted by atomic mass is 79.9. The molecule has 0 radical (unpaired) electrons. The molecule has 4 rings (SSSR count). The molecule has 1 aromatic carbocycles. The van der Waals surface area contributed by atoms with Crippen molar-refractivity contribution in [1.82, 2.24) is 9.55 Å². The zero-order valence-corrected chi connectivity index (χ0v) is 20.7.